The summed E-state index contributed by atoms with van der Waals surface area (Å²) in [5, 5.41) is 0.0643. The summed E-state index contributed by atoms with van der Waals surface area (Å²) in [6.45, 7) is 3.98. The van der Waals surface area contributed by atoms with Crippen LogP contribution in [-0.2, 0) is 17.7 Å². The lowest BCUT2D eigenvalue weighted by Gasteiger charge is -2.36. The summed E-state index contributed by atoms with van der Waals surface area (Å²) in [7, 11) is -6.80. The fraction of sp³-hybridized carbons (Fsp3) is 1.00. The molecular formula is C11H19F6O4Si4. The molecule has 0 aliphatic carbocycles. The van der Waals surface area contributed by atoms with Crippen LogP contribution in [-0.4, -0.2) is 54.4 Å². The summed E-state index contributed by atoms with van der Waals surface area (Å²) >= 11 is 0. The zero-order chi connectivity index (χ0) is 18.9. The molecule has 2 aliphatic rings. The predicted molar refractivity (Wildman–Crippen MR) is 83.4 cm³/mol. The van der Waals surface area contributed by atoms with Crippen molar-refractivity contribution < 1.29 is 44.0 Å². The Balaban J connectivity index is 2.19. The average Bonchev–Trinajstić information content (AvgIpc) is 2.72. The minimum absolute atomic E-state index is 0.0643. The highest BCUT2D eigenvalue weighted by Crippen LogP contribution is 2.44. The Kier molecular flexibility index (Phi) is 7.01. The van der Waals surface area contributed by atoms with Crippen LogP contribution in [0, 0.1) is 5.92 Å². The molecule has 2 heterocycles. The van der Waals surface area contributed by atoms with Crippen LogP contribution in [0.3, 0.4) is 0 Å². The molecule has 4 nitrogen and oxygen atoms in total. The van der Waals surface area contributed by atoms with Crippen molar-refractivity contribution in [1.82, 2.24) is 0 Å². The third-order valence-corrected chi connectivity index (χ3v) is 21.8. The highest BCUT2D eigenvalue weighted by molar-refractivity contribution is 7.30. The second-order valence-electron chi connectivity index (χ2n) is 6.44. The summed E-state index contributed by atoms with van der Waals surface area (Å²) in [6.07, 6.45) is -10.2. The Morgan fingerprint density at radius 3 is 2.48 bits per heavy atom. The van der Waals surface area contributed by atoms with Gasteiger partial charge in [-0.3, -0.25) is 9.15 Å². The summed E-state index contributed by atoms with van der Waals surface area (Å²) in [5.41, 5.74) is 0. The molecule has 2 rings (SSSR count). The van der Waals surface area contributed by atoms with Gasteiger partial charge in [-0.05, 0) is 43.6 Å². The van der Waals surface area contributed by atoms with Gasteiger partial charge >= 0.3 is 22.4 Å². The maximum absolute atomic E-state index is 12.8. The van der Waals surface area contributed by atoms with Gasteiger partial charge in [0.25, 0.3) is 0 Å². The number of alkyl halides is 6. The minimum Gasteiger partial charge on any atom is -0.432 e. The zero-order valence-corrected chi connectivity index (χ0v) is 17.8. The lowest BCUT2D eigenvalue weighted by Crippen LogP contribution is -2.57. The van der Waals surface area contributed by atoms with Crippen molar-refractivity contribution in [3.05, 3.63) is 0 Å². The third kappa shape index (κ3) is 5.40. The van der Waals surface area contributed by atoms with Crippen LogP contribution in [0.15, 0.2) is 0 Å². The second kappa shape index (κ2) is 8.12. The fourth-order valence-electron chi connectivity index (χ4n) is 3.18. The third-order valence-electron chi connectivity index (χ3n) is 4.59. The average molecular weight is 442 g/mol. The van der Waals surface area contributed by atoms with Crippen molar-refractivity contribution in [3.63, 3.8) is 0 Å². The molecule has 3 unspecified atom stereocenters. The van der Waals surface area contributed by atoms with Crippen LogP contribution >= 0.6 is 0 Å². The molecule has 3 atom stereocenters. The molecule has 0 bridgehead atoms. The topological polar surface area (TPSA) is 36.9 Å². The molecule has 0 aromatic carbocycles. The Labute approximate surface area is 148 Å². The maximum Gasteiger partial charge on any atom is 0.459 e. The van der Waals surface area contributed by atoms with Crippen molar-refractivity contribution in [2.24, 2.45) is 5.92 Å². The molecule has 2 fully saturated rings. The number of hydrogen-bond acceptors (Lipinski definition) is 4. The molecule has 3 radical (unpaired) electrons. The van der Waals surface area contributed by atoms with Crippen molar-refractivity contribution in [1.29, 1.82) is 0 Å². The van der Waals surface area contributed by atoms with Crippen molar-refractivity contribution in [2.45, 2.75) is 55.9 Å². The van der Waals surface area contributed by atoms with Gasteiger partial charge in [-0.15, -0.1) is 0 Å². The molecule has 0 aromatic heterocycles. The summed E-state index contributed by atoms with van der Waals surface area (Å²) < 4.78 is 98.9. The first-order valence-electron chi connectivity index (χ1n) is 7.84. The molecule has 0 aromatic rings. The quantitative estimate of drug-likeness (QED) is 0.382. The molecule has 2 aliphatic heterocycles. The predicted octanol–water partition coefficient (Wildman–Crippen LogP) is 3.35. The van der Waals surface area contributed by atoms with Gasteiger partial charge in [-0.1, -0.05) is 0 Å². The van der Waals surface area contributed by atoms with Gasteiger partial charge < -0.3 is 8.54 Å². The Morgan fingerprint density at radius 2 is 1.88 bits per heavy atom. The molecule has 2 saturated heterocycles. The van der Waals surface area contributed by atoms with Gasteiger partial charge in [0.2, 0.25) is 25.4 Å². The van der Waals surface area contributed by atoms with Crippen molar-refractivity contribution in [3.8, 4) is 0 Å². The fourth-order valence-corrected chi connectivity index (χ4v) is 24.7. The Bertz CT molecular complexity index is 439. The first-order valence-corrected chi connectivity index (χ1v) is 16.0. The highest BCUT2D eigenvalue weighted by atomic mass is 29.3. The summed E-state index contributed by atoms with van der Waals surface area (Å²) in [5.74, 6) is -3.33. The van der Waals surface area contributed by atoms with Gasteiger partial charge in [-0.2, -0.15) is 26.3 Å². The lowest BCUT2D eigenvalue weighted by molar-refractivity contribution is -0.284. The number of rotatable bonds is 3. The number of fused-ring (bicyclic) bond motifs is 1. The van der Waals surface area contributed by atoms with Gasteiger partial charge in [0.1, 0.15) is 5.92 Å². The van der Waals surface area contributed by atoms with Crippen molar-refractivity contribution in [2.75, 3.05) is 6.61 Å². The maximum atomic E-state index is 12.8. The lowest BCUT2D eigenvalue weighted by atomic mass is 10.1. The zero-order valence-electron chi connectivity index (χ0n) is 13.7. The molecular weight excluding hydrogens is 422 g/mol. The van der Waals surface area contributed by atoms with E-state index in [9.17, 15) is 26.3 Å². The van der Waals surface area contributed by atoms with Crippen LogP contribution in [0.1, 0.15) is 19.3 Å². The van der Waals surface area contributed by atoms with E-state index in [1.54, 1.807) is 6.55 Å². The van der Waals surface area contributed by atoms with E-state index in [0.717, 1.165) is 6.42 Å². The SMILES string of the molecule is C[SiH]1OO[Si]O[Si]2C1CCCO[Si]2(C)CCC(C(F)(F)F)C(F)(F)F. The number of halogens is 6. The monoisotopic (exact) mass is 441 g/mol. The largest absolute Gasteiger partial charge is 0.459 e. The first kappa shape index (κ1) is 21.6. The molecule has 0 spiro atoms. The Morgan fingerprint density at radius 1 is 1.24 bits per heavy atom. The van der Waals surface area contributed by atoms with Crippen LogP contribution in [0.25, 0.3) is 0 Å². The summed E-state index contributed by atoms with van der Waals surface area (Å²) in [6, 6.07) is -0.229. The first-order chi connectivity index (χ1) is 11.5. The van der Waals surface area contributed by atoms with Gasteiger partial charge in [-0.25, -0.2) is 0 Å². The van der Waals surface area contributed by atoms with E-state index >= 15 is 0 Å². The van der Waals surface area contributed by atoms with Crippen LogP contribution < -0.4 is 0 Å². The minimum atomic E-state index is -5.31. The van der Waals surface area contributed by atoms with E-state index in [-0.39, 0.29) is 11.2 Å². The van der Waals surface area contributed by atoms with E-state index in [0.29, 0.717) is 13.0 Å². The van der Waals surface area contributed by atoms with Crippen LogP contribution in [0.5, 0.6) is 0 Å². The number of hydrogen-bond donors (Lipinski definition) is 0. The Hall–Kier alpha value is 0.288. The van der Waals surface area contributed by atoms with E-state index in [4.69, 9.17) is 17.7 Å². The normalized spacial score (nSPS) is 33.0. The van der Waals surface area contributed by atoms with E-state index in [2.05, 4.69) is 0 Å². The van der Waals surface area contributed by atoms with Crippen molar-refractivity contribution >= 4 is 35.4 Å². The highest BCUT2D eigenvalue weighted by Gasteiger charge is 2.58. The molecule has 0 N–H and O–H groups in total. The molecule has 0 saturated carbocycles. The molecule has 14 heteroatoms. The molecule has 25 heavy (non-hydrogen) atoms. The van der Waals surface area contributed by atoms with Gasteiger partial charge in [0.15, 0.2) is 0 Å². The second-order valence-corrected chi connectivity index (χ2v) is 20.0. The van der Waals surface area contributed by atoms with Crippen LogP contribution in [0.2, 0.25) is 24.3 Å². The summed E-state index contributed by atoms with van der Waals surface area (Å²) in [4.78, 5) is 0. The molecule has 0 amide bonds. The standard InChI is InChI=1S/C11H19F6O4Si4/c1-23-9-4-3-6-18-25(2,24(9)21-22-19-20-23)7-5-8(10(12,13)14)11(15,16)17/h8-9,23H,3-7H2,1-2H3. The molecule has 145 valence electrons. The van der Waals surface area contributed by atoms with E-state index in [1.807, 2.05) is 6.55 Å². The van der Waals surface area contributed by atoms with Gasteiger partial charge in [0.05, 0.1) is 0 Å². The van der Waals surface area contributed by atoms with E-state index < -0.39 is 60.1 Å². The van der Waals surface area contributed by atoms with Gasteiger partial charge in [0, 0.05) is 6.61 Å². The van der Waals surface area contributed by atoms with E-state index in [1.165, 1.54) is 0 Å². The van der Waals surface area contributed by atoms with Crippen LogP contribution in [0.4, 0.5) is 26.3 Å². The smallest absolute Gasteiger partial charge is 0.432 e.